The number of hydrazine groups is 1. The molecule has 0 radical (unpaired) electrons. The molecule has 3 amide bonds. The zero-order chi connectivity index (χ0) is 12.8. The van der Waals surface area contributed by atoms with Crippen molar-refractivity contribution >= 4 is 29.1 Å². The van der Waals surface area contributed by atoms with E-state index in [1.165, 1.54) is 18.3 Å². The van der Waals surface area contributed by atoms with E-state index < -0.39 is 5.91 Å². The summed E-state index contributed by atoms with van der Waals surface area (Å²) in [4.78, 5) is 33.7. The van der Waals surface area contributed by atoms with Crippen LogP contribution >= 0.6 is 11.3 Å². The van der Waals surface area contributed by atoms with Crippen LogP contribution in [0.3, 0.4) is 0 Å². The fourth-order valence-electron chi connectivity index (χ4n) is 1.000. The van der Waals surface area contributed by atoms with Crippen LogP contribution in [0.15, 0.2) is 11.4 Å². The first-order valence-electron chi connectivity index (χ1n) is 4.88. The van der Waals surface area contributed by atoms with Gasteiger partial charge in [-0.1, -0.05) is 0 Å². The number of amides is 3. The van der Waals surface area contributed by atoms with E-state index >= 15 is 0 Å². The van der Waals surface area contributed by atoms with Gasteiger partial charge >= 0.3 is 0 Å². The van der Waals surface area contributed by atoms with Gasteiger partial charge in [-0.2, -0.15) is 0 Å². The standard InChI is InChI=1S/C10H13N3O3S/c1-6-3-8(17-5-6)10(16)11-4-9(15)13-12-7(2)14/h3,5H,4H2,1-2H3,(H,11,16)(H,12,14)(H,13,15). The van der Waals surface area contributed by atoms with Crippen molar-refractivity contribution in [2.24, 2.45) is 0 Å². The molecule has 92 valence electrons. The van der Waals surface area contributed by atoms with E-state index in [2.05, 4.69) is 16.2 Å². The lowest BCUT2D eigenvalue weighted by Gasteiger charge is -2.05. The van der Waals surface area contributed by atoms with E-state index in [0.29, 0.717) is 4.88 Å². The van der Waals surface area contributed by atoms with E-state index in [-0.39, 0.29) is 18.4 Å². The molecule has 0 atom stereocenters. The molecule has 0 spiro atoms. The molecule has 1 aromatic heterocycles. The molecule has 0 aliphatic heterocycles. The van der Waals surface area contributed by atoms with Gasteiger partial charge in [0, 0.05) is 6.92 Å². The summed E-state index contributed by atoms with van der Waals surface area (Å²) in [7, 11) is 0. The summed E-state index contributed by atoms with van der Waals surface area (Å²) in [6.45, 7) is 2.97. The van der Waals surface area contributed by atoms with Gasteiger partial charge in [-0.3, -0.25) is 25.2 Å². The van der Waals surface area contributed by atoms with E-state index in [0.717, 1.165) is 5.56 Å². The van der Waals surface area contributed by atoms with Crippen molar-refractivity contribution in [1.82, 2.24) is 16.2 Å². The van der Waals surface area contributed by atoms with E-state index in [1.54, 1.807) is 6.07 Å². The molecule has 0 aromatic carbocycles. The topological polar surface area (TPSA) is 87.3 Å². The molecule has 1 rings (SSSR count). The maximum absolute atomic E-state index is 11.5. The van der Waals surface area contributed by atoms with Crippen LogP contribution in [0.4, 0.5) is 0 Å². The van der Waals surface area contributed by atoms with Crippen LogP contribution in [0.5, 0.6) is 0 Å². The zero-order valence-corrected chi connectivity index (χ0v) is 10.3. The largest absolute Gasteiger partial charge is 0.342 e. The van der Waals surface area contributed by atoms with Gasteiger partial charge < -0.3 is 5.32 Å². The van der Waals surface area contributed by atoms with Crippen LogP contribution in [0, 0.1) is 6.92 Å². The SMILES string of the molecule is CC(=O)NNC(=O)CNC(=O)c1cc(C)cs1. The lowest BCUT2D eigenvalue weighted by molar-refractivity contribution is -0.127. The highest BCUT2D eigenvalue weighted by Crippen LogP contribution is 2.12. The maximum Gasteiger partial charge on any atom is 0.261 e. The number of hydrogen-bond donors (Lipinski definition) is 3. The second-order valence-electron chi connectivity index (χ2n) is 3.40. The van der Waals surface area contributed by atoms with Gasteiger partial charge in [0.05, 0.1) is 11.4 Å². The number of carbonyl (C=O) groups excluding carboxylic acids is 3. The number of carbonyl (C=O) groups is 3. The first-order chi connectivity index (χ1) is 7.99. The molecule has 0 aliphatic rings. The summed E-state index contributed by atoms with van der Waals surface area (Å²) in [6.07, 6.45) is 0. The van der Waals surface area contributed by atoms with Gasteiger partial charge in [0.25, 0.3) is 11.8 Å². The van der Waals surface area contributed by atoms with Gasteiger partial charge in [-0.05, 0) is 23.9 Å². The molecule has 17 heavy (non-hydrogen) atoms. The van der Waals surface area contributed by atoms with Crippen LogP contribution < -0.4 is 16.2 Å². The van der Waals surface area contributed by atoms with Crippen LogP contribution in [0.1, 0.15) is 22.2 Å². The van der Waals surface area contributed by atoms with Crippen molar-refractivity contribution in [3.63, 3.8) is 0 Å². The lowest BCUT2D eigenvalue weighted by atomic mass is 10.3. The number of rotatable bonds is 3. The molecule has 1 heterocycles. The Hall–Kier alpha value is -1.89. The third-order valence-electron chi connectivity index (χ3n) is 1.74. The molecule has 3 N–H and O–H groups in total. The second-order valence-corrected chi connectivity index (χ2v) is 4.31. The van der Waals surface area contributed by atoms with Crippen molar-refractivity contribution < 1.29 is 14.4 Å². The van der Waals surface area contributed by atoms with Crippen LogP contribution in [-0.4, -0.2) is 24.3 Å². The van der Waals surface area contributed by atoms with Crippen molar-refractivity contribution in [2.75, 3.05) is 6.54 Å². The number of nitrogens with one attached hydrogen (secondary N) is 3. The Morgan fingerprint density at radius 3 is 2.53 bits per heavy atom. The van der Waals surface area contributed by atoms with Gasteiger partial charge in [-0.25, -0.2) is 0 Å². The minimum Gasteiger partial charge on any atom is -0.342 e. The van der Waals surface area contributed by atoms with Crippen LogP contribution in [0.2, 0.25) is 0 Å². The Kier molecular flexibility index (Phi) is 4.65. The average molecular weight is 255 g/mol. The van der Waals surface area contributed by atoms with Gasteiger partial charge in [0.2, 0.25) is 5.91 Å². The van der Waals surface area contributed by atoms with Gasteiger partial charge in [0.1, 0.15) is 0 Å². The summed E-state index contributed by atoms with van der Waals surface area (Å²) in [5, 5.41) is 4.30. The third-order valence-corrected chi connectivity index (χ3v) is 2.79. The van der Waals surface area contributed by atoms with Crippen LogP contribution in [-0.2, 0) is 9.59 Å². The summed E-state index contributed by atoms with van der Waals surface area (Å²) in [5.41, 5.74) is 5.27. The Balaban J connectivity index is 2.33. The predicted molar refractivity (Wildman–Crippen MR) is 63.3 cm³/mol. The molecular weight excluding hydrogens is 242 g/mol. The first-order valence-corrected chi connectivity index (χ1v) is 5.75. The number of aryl methyl sites for hydroxylation is 1. The zero-order valence-electron chi connectivity index (χ0n) is 9.49. The van der Waals surface area contributed by atoms with E-state index in [1.807, 2.05) is 12.3 Å². The molecule has 0 aliphatic carbocycles. The first kappa shape index (κ1) is 13.2. The summed E-state index contributed by atoms with van der Waals surface area (Å²) in [5.74, 6) is -1.17. The third kappa shape index (κ3) is 4.64. The van der Waals surface area contributed by atoms with Crippen molar-refractivity contribution in [2.45, 2.75) is 13.8 Å². The Morgan fingerprint density at radius 1 is 1.29 bits per heavy atom. The quantitative estimate of drug-likeness (QED) is 0.662. The predicted octanol–water partition coefficient (Wildman–Crippen LogP) is -0.0464. The molecule has 0 fully saturated rings. The van der Waals surface area contributed by atoms with Gasteiger partial charge in [0.15, 0.2) is 0 Å². The minimum absolute atomic E-state index is 0.184. The molecule has 6 nitrogen and oxygen atoms in total. The summed E-state index contributed by atoms with van der Waals surface area (Å²) >= 11 is 1.31. The highest BCUT2D eigenvalue weighted by Gasteiger charge is 2.09. The molecule has 7 heteroatoms. The molecule has 0 saturated heterocycles. The van der Waals surface area contributed by atoms with E-state index in [9.17, 15) is 14.4 Å². The fourth-order valence-corrected chi connectivity index (χ4v) is 1.81. The molecule has 0 unspecified atom stereocenters. The van der Waals surface area contributed by atoms with Crippen molar-refractivity contribution in [3.8, 4) is 0 Å². The number of hydrogen-bond acceptors (Lipinski definition) is 4. The minimum atomic E-state index is -0.484. The fraction of sp³-hybridized carbons (Fsp3) is 0.300. The molecular formula is C10H13N3O3S. The lowest BCUT2D eigenvalue weighted by Crippen LogP contribution is -2.45. The highest BCUT2D eigenvalue weighted by molar-refractivity contribution is 7.12. The molecule has 0 bridgehead atoms. The van der Waals surface area contributed by atoms with Crippen molar-refractivity contribution in [3.05, 3.63) is 21.9 Å². The Bertz CT molecular complexity index is 442. The smallest absolute Gasteiger partial charge is 0.261 e. The monoisotopic (exact) mass is 255 g/mol. The molecule has 0 saturated carbocycles. The van der Waals surface area contributed by atoms with E-state index in [4.69, 9.17) is 0 Å². The number of thiophene rings is 1. The Morgan fingerprint density at radius 2 is 2.00 bits per heavy atom. The molecule has 1 aromatic rings. The Labute approximate surface area is 102 Å². The normalized spacial score (nSPS) is 9.53. The second kappa shape index (κ2) is 6.00. The van der Waals surface area contributed by atoms with Crippen LogP contribution in [0.25, 0.3) is 0 Å². The average Bonchev–Trinajstić information content (AvgIpc) is 2.70. The highest BCUT2D eigenvalue weighted by atomic mass is 32.1. The van der Waals surface area contributed by atoms with Gasteiger partial charge in [-0.15, -0.1) is 11.3 Å². The maximum atomic E-state index is 11.5. The van der Waals surface area contributed by atoms with Crippen molar-refractivity contribution in [1.29, 1.82) is 0 Å². The summed E-state index contributed by atoms with van der Waals surface area (Å²) in [6, 6.07) is 1.74. The summed E-state index contributed by atoms with van der Waals surface area (Å²) < 4.78 is 0.